The van der Waals surface area contributed by atoms with Crippen LogP contribution < -0.4 is 5.73 Å². The first kappa shape index (κ1) is 11.9. The van der Waals surface area contributed by atoms with E-state index in [9.17, 15) is 0 Å². The topological polar surface area (TPSA) is 29.3 Å². The van der Waals surface area contributed by atoms with E-state index in [2.05, 4.69) is 40.7 Å². The van der Waals surface area contributed by atoms with Crippen molar-refractivity contribution in [2.24, 2.45) is 5.92 Å². The van der Waals surface area contributed by atoms with Gasteiger partial charge >= 0.3 is 0 Å². The Balaban J connectivity index is 2.11. The third-order valence-electron chi connectivity index (χ3n) is 3.36. The molecule has 0 aliphatic carbocycles. The smallest absolute Gasteiger partial charge is 0.0318 e. The quantitative estimate of drug-likeness (QED) is 0.844. The molecule has 0 spiro atoms. The number of hydrogen-bond acceptors (Lipinski definition) is 2. The van der Waals surface area contributed by atoms with Gasteiger partial charge in [-0.15, -0.1) is 0 Å². The lowest BCUT2D eigenvalue weighted by molar-refractivity contribution is 0.256. The normalized spacial score (nSPS) is 26.2. The minimum Gasteiger partial charge on any atom is -0.399 e. The van der Waals surface area contributed by atoms with E-state index in [4.69, 9.17) is 5.73 Å². The summed E-state index contributed by atoms with van der Waals surface area (Å²) in [6.07, 6.45) is 1.31. The molecule has 0 bridgehead atoms. The van der Waals surface area contributed by atoms with E-state index in [0.717, 1.165) is 22.6 Å². The Morgan fingerprint density at radius 1 is 1.44 bits per heavy atom. The second-order valence-electron chi connectivity index (χ2n) is 4.97. The van der Waals surface area contributed by atoms with Crippen LogP contribution in [0.3, 0.4) is 0 Å². The Bertz CT molecular complexity index is 378. The van der Waals surface area contributed by atoms with Crippen LogP contribution >= 0.6 is 15.9 Å². The molecular formula is C13H19BrN2. The summed E-state index contributed by atoms with van der Waals surface area (Å²) >= 11 is 3.59. The maximum absolute atomic E-state index is 5.82. The maximum Gasteiger partial charge on any atom is 0.0318 e. The molecule has 0 amide bonds. The van der Waals surface area contributed by atoms with Crippen LogP contribution in [0, 0.1) is 5.92 Å². The molecule has 2 atom stereocenters. The van der Waals surface area contributed by atoms with Gasteiger partial charge in [-0.05, 0) is 43.0 Å². The molecule has 1 aromatic carbocycles. The summed E-state index contributed by atoms with van der Waals surface area (Å²) in [5.41, 5.74) is 7.96. The second kappa shape index (κ2) is 4.76. The molecule has 3 heteroatoms. The SMILES string of the molecule is CC1CC(C)N(Cc2cc(N)ccc2Br)C1. The van der Waals surface area contributed by atoms with Crippen molar-refractivity contribution in [1.82, 2.24) is 4.90 Å². The molecule has 2 unspecified atom stereocenters. The molecular weight excluding hydrogens is 264 g/mol. The third-order valence-corrected chi connectivity index (χ3v) is 4.13. The van der Waals surface area contributed by atoms with E-state index in [1.807, 2.05) is 12.1 Å². The van der Waals surface area contributed by atoms with E-state index >= 15 is 0 Å². The van der Waals surface area contributed by atoms with Crippen molar-refractivity contribution in [3.05, 3.63) is 28.2 Å². The van der Waals surface area contributed by atoms with Gasteiger partial charge in [0, 0.05) is 29.3 Å². The van der Waals surface area contributed by atoms with Gasteiger partial charge in [-0.3, -0.25) is 4.90 Å². The van der Waals surface area contributed by atoms with Crippen molar-refractivity contribution in [2.45, 2.75) is 32.9 Å². The van der Waals surface area contributed by atoms with Crippen LogP contribution in [0.2, 0.25) is 0 Å². The highest BCUT2D eigenvalue weighted by atomic mass is 79.9. The van der Waals surface area contributed by atoms with Gasteiger partial charge in [-0.25, -0.2) is 0 Å². The first-order valence-corrected chi connectivity index (χ1v) is 6.63. The zero-order valence-corrected chi connectivity index (χ0v) is 11.5. The molecule has 0 radical (unpaired) electrons. The number of likely N-dealkylation sites (tertiary alicyclic amines) is 1. The van der Waals surface area contributed by atoms with Gasteiger partial charge in [-0.1, -0.05) is 22.9 Å². The molecule has 2 nitrogen and oxygen atoms in total. The van der Waals surface area contributed by atoms with Crippen LogP contribution in [0.5, 0.6) is 0 Å². The number of nitrogens with zero attached hydrogens (tertiary/aromatic N) is 1. The maximum atomic E-state index is 5.82. The largest absolute Gasteiger partial charge is 0.399 e. The van der Waals surface area contributed by atoms with Crippen LogP contribution in [0.4, 0.5) is 5.69 Å². The summed E-state index contributed by atoms with van der Waals surface area (Å²) in [5, 5.41) is 0. The van der Waals surface area contributed by atoms with Gasteiger partial charge in [0.25, 0.3) is 0 Å². The lowest BCUT2D eigenvalue weighted by atomic mass is 10.1. The average molecular weight is 283 g/mol. The van der Waals surface area contributed by atoms with Crippen molar-refractivity contribution in [3.8, 4) is 0 Å². The zero-order valence-electron chi connectivity index (χ0n) is 9.91. The van der Waals surface area contributed by atoms with Gasteiger partial charge < -0.3 is 5.73 Å². The molecule has 1 aliphatic heterocycles. The molecule has 1 fully saturated rings. The Kier molecular flexibility index (Phi) is 3.55. The van der Waals surface area contributed by atoms with E-state index in [0.29, 0.717) is 6.04 Å². The van der Waals surface area contributed by atoms with Crippen LogP contribution in [0.1, 0.15) is 25.8 Å². The Hall–Kier alpha value is -0.540. The predicted molar refractivity (Wildman–Crippen MR) is 72.2 cm³/mol. The van der Waals surface area contributed by atoms with E-state index in [1.165, 1.54) is 18.5 Å². The van der Waals surface area contributed by atoms with Gasteiger partial charge in [-0.2, -0.15) is 0 Å². The van der Waals surface area contributed by atoms with E-state index in [1.54, 1.807) is 0 Å². The molecule has 1 heterocycles. The third kappa shape index (κ3) is 2.58. The summed E-state index contributed by atoms with van der Waals surface area (Å²) in [5.74, 6) is 0.815. The van der Waals surface area contributed by atoms with E-state index in [-0.39, 0.29) is 0 Å². The second-order valence-corrected chi connectivity index (χ2v) is 5.82. The van der Waals surface area contributed by atoms with Crippen molar-refractivity contribution < 1.29 is 0 Å². The number of nitrogens with two attached hydrogens (primary N) is 1. The standard InChI is InChI=1S/C13H19BrN2/c1-9-5-10(2)16(7-9)8-11-6-12(15)3-4-13(11)14/h3-4,6,9-10H,5,7-8,15H2,1-2H3. The monoisotopic (exact) mass is 282 g/mol. The summed E-state index contributed by atoms with van der Waals surface area (Å²) in [6, 6.07) is 6.72. The molecule has 0 saturated carbocycles. The van der Waals surface area contributed by atoms with Gasteiger partial charge in [0.1, 0.15) is 0 Å². The van der Waals surface area contributed by atoms with Crippen molar-refractivity contribution in [2.75, 3.05) is 12.3 Å². The predicted octanol–water partition coefficient (Wildman–Crippen LogP) is 3.26. The Labute approximate surface area is 106 Å². The van der Waals surface area contributed by atoms with Crippen molar-refractivity contribution in [3.63, 3.8) is 0 Å². The van der Waals surface area contributed by atoms with Gasteiger partial charge in [0.05, 0.1) is 0 Å². The van der Waals surface area contributed by atoms with Crippen molar-refractivity contribution in [1.29, 1.82) is 0 Å². The highest BCUT2D eigenvalue weighted by Gasteiger charge is 2.26. The highest BCUT2D eigenvalue weighted by Crippen LogP contribution is 2.27. The minimum absolute atomic E-state index is 0.684. The van der Waals surface area contributed by atoms with Gasteiger partial charge in [0.2, 0.25) is 0 Å². The lowest BCUT2D eigenvalue weighted by Crippen LogP contribution is -2.26. The number of hydrogen-bond donors (Lipinski definition) is 1. The fraction of sp³-hybridized carbons (Fsp3) is 0.538. The molecule has 1 aromatic rings. The number of nitrogen functional groups attached to an aromatic ring is 1. The first-order chi connectivity index (χ1) is 7.56. The number of benzene rings is 1. The minimum atomic E-state index is 0.684. The lowest BCUT2D eigenvalue weighted by Gasteiger charge is -2.21. The van der Waals surface area contributed by atoms with Crippen LogP contribution in [0.15, 0.2) is 22.7 Å². The van der Waals surface area contributed by atoms with Crippen LogP contribution in [0.25, 0.3) is 0 Å². The number of halogens is 1. The summed E-state index contributed by atoms with van der Waals surface area (Å²) in [7, 11) is 0. The highest BCUT2D eigenvalue weighted by molar-refractivity contribution is 9.10. The molecule has 0 aromatic heterocycles. The summed E-state index contributed by atoms with van der Waals surface area (Å²) in [4.78, 5) is 2.53. The van der Waals surface area contributed by atoms with E-state index < -0.39 is 0 Å². The first-order valence-electron chi connectivity index (χ1n) is 5.84. The van der Waals surface area contributed by atoms with Crippen LogP contribution in [-0.2, 0) is 6.54 Å². The molecule has 88 valence electrons. The Morgan fingerprint density at radius 3 is 2.81 bits per heavy atom. The van der Waals surface area contributed by atoms with Crippen LogP contribution in [-0.4, -0.2) is 17.5 Å². The number of anilines is 1. The Morgan fingerprint density at radius 2 is 2.19 bits per heavy atom. The molecule has 2 rings (SSSR count). The molecule has 1 saturated heterocycles. The molecule has 2 N–H and O–H groups in total. The molecule has 1 aliphatic rings. The van der Waals surface area contributed by atoms with Crippen molar-refractivity contribution >= 4 is 21.6 Å². The molecule has 16 heavy (non-hydrogen) atoms. The fourth-order valence-corrected chi connectivity index (χ4v) is 2.91. The van der Waals surface area contributed by atoms with Gasteiger partial charge in [0.15, 0.2) is 0 Å². The summed E-state index contributed by atoms with van der Waals surface area (Å²) < 4.78 is 1.16. The summed E-state index contributed by atoms with van der Waals surface area (Å²) in [6.45, 7) is 6.83. The number of rotatable bonds is 2. The fourth-order valence-electron chi connectivity index (χ4n) is 2.54. The average Bonchev–Trinajstić information content (AvgIpc) is 2.51. The zero-order chi connectivity index (χ0) is 11.7.